The van der Waals surface area contributed by atoms with Gasteiger partial charge in [-0.2, -0.15) is 9.78 Å². The second kappa shape index (κ2) is 9.24. The highest BCUT2D eigenvalue weighted by molar-refractivity contribution is 6.02. The van der Waals surface area contributed by atoms with Crippen molar-refractivity contribution in [1.82, 2.24) is 0 Å². The van der Waals surface area contributed by atoms with E-state index in [0.717, 1.165) is 0 Å². The topological polar surface area (TPSA) is 203 Å². The molecule has 0 saturated heterocycles. The third kappa shape index (κ3) is 3.53. The maximum Gasteiger partial charge on any atom is 0.327 e. The predicted molar refractivity (Wildman–Crippen MR) is 80.4 cm³/mol. The summed E-state index contributed by atoms with van der Waals surface area (Å²) in [4.78, 5) is 36.9. The predicted octanol–water partition coefficient (Wildman–Crippen LogP) is 2.04. The lowest BCUT2D eigenvalue weighted by Crippen LogP contribution is -2.41. The van der Waals surface area contributed by atoms with Gasteiger partial charge in [0, 0.05) is 11.6 Å². The number of rotatable bonds is 10. The first-order valence-corrected chi connectivity index (χ1v) is 6.93. The average Bonchev–Trinajstić information content (AvgIpc) is 2.75. The van der Waals surface area contributed by atoms with Crippen LogP contribution in [0.3, 0.4) is 0 Å². The van der Waals surface area contributed by atoms with E-state index in [1.807, 2.05) is 0 Å². The highest BCUT2D eigenvalue weighted by atomic mass is 17.5. The Morgan fingerprint density at radius 3 is 1.86 bits per heavy atom. The highest BCUT2D eigenvalue weighted by Gasteiger charge is 2.51. The van der Waals surface area contributed by atoms with E-state index in [9.17, 15) is 10.1 Å². The summed E-state index contributed by atoms with van der Waals surface area (Å²) in [5, 5.41) is 57.5. The Morgan fingerprint density at radius 1 is 0.786 bits per heavy atom. The zero-order valence-corrected chi connectivity index (χ0v) is 13.4. The van der Waals surface area contributed by atoms with Crippen molar-refractivity contribution in [2.45, 2.75) is 5.79 Å². The average molecular weight is 404 g/mol. The van der Waals surface area contributed by atoms with Crippen LogP contribution in [-0.2, 0) is 20.6 Å². The molecule has 152 valence electrons. The zero-order chi connectivity index (χ0) is 20.7. The lowest BCUT2D eigenvalue weighted by Gasteiger charge is -2.27. The van der Waals surface area contributed by atoms with Crippen molar-refractivity contribution in [3.8, 4) is 23.0 Å². The maximum atomic E-state index is 12.9. The molecule has 0 fully saturated rings. The van der Waals surface area contributed by atoms with Gasteiger partial charge in [-0.15, -0.1) is 0 Å². The smallest absolute Gasteiger partial charge is 0.327 e. The number of Topliss-reactive ketones (excluding diaryl/α,β-unsaturated/α-hetero) is 1. The Kier molecular flexibility index (Phi) is 7.01. The van der Waals surface area contributed by atoms with Gasteiger partial charge in [-0.25, -0.2) is 31.5 Å². The zero-order valence-electron chi connectivity index (χ0n) is 13.4. The lowest BCUT2D eigenvalue weighted by atomic mass is 9.94. The third-order valence-corrected chi connectivity index (χ3v) is 3.50. The van der Waals surface area contributed by atoms with Crippen molar-refractivity contribution in [3.63, 3.8) is 0 Å². The molecular weight excluding hydrogens is 392 g/mol. The summed E-state index contributed by atoms with van der Waals surface area (Å²) in [6, 6.07) is 7.45. The summed E-state index contributed by atoms with van der Waals surface area (Å²) in [6.07, 6.45) is 0. The fourth-order valence-corrected chi connectivity index (χ4v) is 2.31. The van der Waals surface area contributed by atoms with E-state index in [4.69, 9.17) is 26.3 Å². The van der Waals surface area contributed by atoms with Crippen molar-refractivity contribution >= 4 is 5.78 Å². The molecule has 0 saturated carbocycles. The standard InChI is InChI=1S/C14H12O14/c15-13(7-4-2-1-3-5-7)14(26-20,27-28-21)8-6-9(22-16)11(24-18)12(25-19)10(8)23-17/h1-6,16-21H. The van der Waals surface area contributed by atoms with Gasteiger partial charge >= 0.3 is 5.79 Å². The van der Waals surface area contributed by atoms with Gasteiger partial charge in [-0.1, -0.05) is 35.4 Å². The molecule has 2 aromatic rings. The van der Waals surface area contributed by atoms with Crippen LogP contribution in [0.25, 0.3) is 0 Å². The summed E-state index contributed by atoms with van der Waals surface area (Å²) in [5.41, 5.74) is -1.09. The molecule has 1 unspecified atom stereocenters. The summed E-state index contributed by atoms with van der Waals surface area (Å²) in [7, 11) is 0. The number of benzene rings is 2. The number of hydrogen-bond acceptors (Lipinski definition) is 14. The molecule has 6 N–H and O–H groups in total. The molecule has 0 spiro atoms. The number of carbonyl (C=O) groups excluding carboxylic acids is 1. The Hall–Kier alpha value is -3.05. The van der Waals surface area contributed by atoms with Crippen LogP contribution in [0.1, 0.15) is 15.9 Å². The molecule has 0 amide bonds. The fraction of sp³-hybridized carbons (Fsp3) is 0.0714. The van der Waals surface area contributed by atoms with Crippen molar-refractivity contribution in [1.29, 1.82) is 0 Å². The van der Waals surface area contributed by atoms with Crippen molar-refractivity contribution in [2.24, 2.45) is 0 Å². The molecule has 14 nitrogen and oxygen atoms in total. The van der Waals surface area contributed by atoms with E-state index in [0.29, 0.717) is 6.07 Å². The van der Waals surface area contributed by atoms with Gasteiger partial charge in [0.15, 0.2) is 0 Å². The van der Waals surface area contributed by atoms with Gasteiger partial charge < -0.3 is 19.6 Å². The Balaban J connectivity index is 2.85. The van der Waals surface area contributed by atoms with E-state index in [-0.39, 0.29) is 5.56 Å². The Bertz CT molecular complexity index is 809. The minimum atomic E-state index is -3.15. The van der Waals surface area contributed by atoms with Crippen LogP contribution in [0.5, 0.6) is 23.0 Å². The normalized spacial score (nSPS) is 12.8. The second-order valence-electron chi connectivity index (χ2n) is 4.84. The van der Waals surface area contributed by atoms with Gasteiger partial charge in [0.05, 0.1) is 5.56 Å². The van der Waals surface area contributed by atoms with Crippen molar-refractivity contribution in [2.75, 3.05) is 0 Å². The van der Waals surface area contributed by atoms with Gasteiger partial charge in [0.2, 0.25) is 17.3 Å². The molecule has 0 bridgehead atoms. The lowest BCUT2D eigenvalue weighted by molar-refractivity contribution is -0.579. The summed E-state index contributed by atoms with van der Waals surface area (Å²) in [6.45, 7) is 0. The largest absolute Gasteiger partial charge is 0.336 e. The molecule has 2 aromatic carbocycles. The number of carbonyl (C=O) groups is 1. The molecule has 0 aromatic heterocycles. The summed E-state index contributed by atoms with van der Waals surface area (Å²) >= 11 is 0. The van der Waals surface area contributed by atoms with Gasteiger partial charge in [0.1, 0.15) is 0 Å². The molecule has 0 radical (unpaired) electrons. The SMILES string of the molecule is O=C(c1ccccc1)C(OO)(OOO)c1cc(OO)c(OO)c(OO)c1OO. The molecule has 2 rings (SSSR count). The summed E-state index contributed by atoms with van der Waals surface area (Å²) in [5.74, 6) is -8.39. The van der Waals surface area contributed by atoms with E-state index < -0.39 is 40.1 Å². The Morgan fingerprint density at radius 2 is 1.39 bits per heavy atom. The molecule has 0 aliphatic carbocycles. The van der Waals surface area contributed by atoms with Gasteiger partial charge in [-0.05, 0) is 0 Å². The first-order chi connectivity index (χ1) is 13.5. The minimum Gasteiger partial charge on any atom is -0.336 e. The van der Waals surface area contributed by atoms with Crippen LogP contribution in [0.4, 0.5) is 0 Å². The first-order valence-electron chi connectivity index (χ1n) is 6.93. The number of ketones is 1. The number of hydrogen-bond donors (Lipinski definition) is 6. The molecular formula is C14H12O14. The Labute approximate surface area is 153 Å². The van der Waals surface area contributed by atoms with Crippen LogP contribution in [0.2, 0.25) is 0 Å². The van der Waals surface area contributed by atoms with Gasteiger partial charge in [-0.3, -0.25) is 4.79 Å². The van der Waals surface area contributed by atoms with Crippen LogP contribution in [0, 0.1) is 0 Å². The van der Waals surface area contributed by atoms with Crippen LogP contribution < -0.4 is 19.6 Å². The van der Waals surface area contributed by atoms with Gasteiger partial charge in [0.25, 0.3) is 11.5 Å². The van der Waals surface area contributed by atoms with E-state index >= 15 is 0 Å². The first kappa shape index (κ1) is 21.3. The molecule has 0 heterocycles. The fourth-order valence-electron chi connectivity index (χ4n) is 2.31. The van der Waals surface area contributed by atoms with Crippen LogP contribution >= 0.6 is 0 Å². The third-order valence-electron chi connectivity index (χ3n) is 3.50. The van der Waals surface area contributed by atoms with E-state index in [1.165, 1.54) is 24.3 Å². The monoisotopic (exact) mass is 404 g/mol. The van der Waals surface area contributed by atoms with Crippen molar-refractivity contribution < 1.29 is 70.7 Å². The van der Waals surface area contributed by atoms with E-state index in [1.54, 1.807) is 6.07 Å². The molecule has 0 aliphatic rings. The molecule has 28 heavy (non-hydrogen) atoms. The summed E-state index contributed by atoms with van der Waals surface area (Å²) < 4.78 is 0. The molecule has 1 atom stereocenters. The quantitative estimate of drug-likeness (QED) is 0.145. The minimum absolute atomic E-state index is 0.182. The van der Waals surface area contributed by atoms with Crippen LogP contribution in [-0.4, -0.2) is 37.3 Å². The highest BCUT2D eigenvalue weighted by Crippen LogP contribution is 2.51. The van der Waals surface area contributed by atoms with E-state index in [2.05, 4.69) is 34.4 Å². The van der Waals surface area contributed by atoms with Crippen molar-refractivity contribution in [3.05, 3.63) is 47.5 Å². The molecule has 0 aliphatic heterocycles. The molecule has 14 heteroatoms. The van der Waals surface area contributed by atoms with Crippen LogP contribution in [0.15, 0.2) is 36.4 Å². The maximum absolute atomic E-state index is 12.9. The second-order valence-corrected chi connectivity index (χ2v) is 4.84.